The van der Waals surface area contributed by atoms with Crippen LogP contribution in [0.2, 0.25) is 0 Å². The van der Waals surface area contributed by atoms with Gasteiger partial charge in [0.25, 0.3) is 5.91 Å². The van der Waals surface area contributed by atoms with E-state index < -0.39 is 10.1 Å². The molecule has 0 N–H and O–H groups in total. The maximum Gasteiger partial charge on any atom is 0.306 e. The molecule has 22 heavy (non-hydrogen) atoms. The van der Waals surface area contributed by atoms with Gasteiger partial charge in [0.2, 0.25) is 0 Å². The summed E-state index contributed by atoms with van der Waals surface area (Å²) in [5.41, 5.74) is 0.673. The molecule has 9 heteroatoms. The molecule has 0 spiro atoms. The Morgan fingerprint density at radius 2 is 2.00 bits per heavy atom. The standard InChI is InChI=1S/C13H13NO5S3/c1-14-12(15)11(21-13(14)20)7-8-4-5-9(10(6-8)18-2)19-22(3,16)17/h4-7H,1-3H3. The summed E-state index contributed by atoms with van der Waals surface area (Å²) >= 11 is 6.26. The fourth-order valence-corrected chi connectivity index (χ4v) is 3.35. The van der Waals surface area contributed by atoms with E-state index in [1.54, 1.807) is 25.3 Å². The molecule has 1 aromatic carbocycles. The van der Waals surface area contributed by atoms with Crippen LogP contribution < -0.4 is 8.92 Å². The van der Waals surface area contributed by atoms with Gasteiger partial charge in [-0.1, -0.05) is 30.0 Å². The minimum absolute atomic E-state index is 0.0881. The minimum atomic E-state index is -3.65. The highest BCUT2D eigenvalue weighted by Gasteiger charge is 2.28. The Kier molecular flexibility index (Phi) is 4.78. The molecule has 1 aromatic rings. The molecular formula is C13H13NO5S3. The molecular weight excluding hydrogens is 346 g/mol. The van der Waals surface area contributed by atoms with Gasteiger partial charge < -0.3 is 8.92 Å². The zero-order valence-electron chi connectivity index (χ0n) is 12.0. The molecule has 1 amide bonds. The van der Waals surface area contributed by atoms with Crippen LogP contribution in [0, 0.1) is 0 Å². The molecule has 1 aliphatic rings. The number of amides is 1. The Bertz CT molecular complexity index is 770. The fraction of sp³-hybridized carbons (Fsp3) is 0.231. The van der Waals surface area contributed by atoms with Gasteiger partial charge in [0.15, 0.2) is 11.5 Å². The summed E-state index contributed by atoms with van der Waals surface area (Å²) < 4.78 is 32.8. The van der Waals surface area contributed by atoms with Crippen LogP contribution in [0.5, 0.6) is 11.5 Å². The number of nitrogens with zero attached hydrogens (tertiary/aromatic N) is 1. The van der Waals surface area contributed by atoms with Crippen molar-refractivity contribution in [1.29, 1.82) is 0 Å². The van der Waals surface area contributed by atoms with Crippen molar-refractivity contribution >= 4 is 50.4 Å². The molecule has 1 saturated heterocycles. The molecule has 0 saturated carbocycles. The number of likely N-dealkylation sites (N-methyl/N-ethyl adjacent to an activating group) is 1. The topological polar surface area (TPSA) is 72.9 Å². The van der Waals surface area contributed by atoms with Gasteiger partial charge in [-0.25, -0.2) is 0 Å². The van der Waals surface area contributed by atoms with E-state index in [1.165, 1.54) is 29.8 Å². The third kappa shape index (κ3) is 3.79. The highest BCUT2D eigenvalue weighted by atomic mass is 32.2. The van der Waals surface area contributed by atoms with E-state index >= 15 is 0 Å². The summed E-state index contributed by atoms with van der Waals surface area (Å²) in [5, 5.41) is 0. The highest BCUT2D eigenvalue weighted by molar-refractivity contribution is 8.26. The van der Waals surface area contributed by atoms with Gasteiger partial charge in [-0.05, 0) is 23.8 Å². The first kappa shape index (κ1) is 16.8. The molecule has 0 radical (unpaired) electrons. The van der Waals surface area contributed by atoms with E-state index in [0.717, 1.165) is 6.26 Å². The summed E-state index contributed by atoms with van der Waals surface area (Å²) in [5.74, 6) is 0.168. The molecule has 0 bridgehead atoms. The second kappa shape index (κ2) is 6.27. The van der Waals surface area contributed by atoms with Crippen molar-refractivity contribution < 1.29 is 22.1 Å². The van der Waals surface area contributed by atoms with Gasteiger partial charge in [-0.2, -0.15) is 8.42 Å². The smallest absolute Gasteiger partial charge is 0.306 e. The SMILES string of the molecule is COc1cc(C=C2SC(=S)N(C)C2=O)ccc1OS(C)(=O)=O. The summed E-state index contributed by atoms with van der Waals surface area (Å²) in [4.78, 5) is 13.8. The third-order valence-electron chi connectivity index (χ3n) is 2.71. The van der Waals surface area contributed by atoms with Crippen molar-refractivity contribution in [2.45, 2.75) is 0 Å². The number of hydrogen-bond donors (Lipinski definition) is 0. The summed E-state index contributed by atoms with van der Waals surface area (Å²) in [7, 11) is -0.630. The molecule has 1 aliphatic heterocycles. The summed E-state index contributed by atoms with van der Waals surface area (Å²) in [6.07, 6.45) is 2.61. The van der Waals surface area contributed by atoms with Crippen LogP contribution >= 0.6 is 24.0 Å². The van der Waals surface area contributed by atoms with Crippen molar-refractivity contribution in [1.82, 2.24) is 4.90 Å². The average molecular weight is 359 g/mol. The van der Waals surface area contributed by atoms with E-state index in [0.29, 0.717) is 14.8 Å². The lowest BCUT2D eigenvalue weighted by molar-refractivity contribution is -0.121. The second-order valence-electron chi connectivity index (χ2n) is 4.44. The molecule has 6 nitrogen and oxygen atoms in total. The molecule has 0 aliphatic carbocycles. The average Bonchev–Trinajstić information content (AvgIpc) is 2.66. The highest BCUT2D eigenvalue weighted by Crippen LogP contribution is 2.34. The monoisotopic (exact) mass is 359 g/mol. The Balaban J connectivity index is 2.35. The molecule has 2 rings (SSSR count). The molecule has 0 atom stereocenters. The lowest BCUT2D eigenvalue weighted by Gasteiger charge is -2.09. The van der Waals surface area contributed by atoms with E-state index in [9.17, 15) is 13.2 Å². The van der Waals surface area contributed by atoms with E-state index in [2.05, 4.69) is 0 Å². The Hall–Kier alpha value is -1.58. The first-order valence-corrected chi connectivity index (χ1v) is 9.04. The molecule has 1 fully saturated rings. The molecule has 0 unspecified atom stereocenters. The maximum absolute atomic E-state index is 11.9. The Morgan fingerprint density at radius 1 is 1.32 bits per heavy atom. The predicted octanol–water partition coefficient (Wildman–Crippen LogP) is 1.86. The van der Waals surface area contributed by atoms with Gasteiger partial charge in [0.05, 0.1) is 18.3 Å². The lowest BCUT2D eigenvalue weighted by atomic mass is 10.2. The number of thiocarbonyl (C=S) groups is 1. The van der Waals surface area contributed by atoms with E-state index in [-0.39, 0.29) is 17.4 Å². The first-order valence-electron chi connectivity index (χ1n) is 6.00. The van der Waals surface area contributed by atoms with E-state index in [1.807, 2.05) is 0 Å². The maximum atomic E-state index is 11.9. The van der Waals surface area contributed by atoms with E-state index in [4.69, 9.17) is 21.1 Å². The normalized spacial score (nSPS) is 17.2. The third-order valence-corrected chi connectivity index (χ3v) is 4.68. The van der Waals surface area contributed by atoms with Crippen LogP contribution in [0.1, 0.15) is 5.56 Å². The van der Waals surface area contributed by atoms with Crippen LogP contribution in [0.4, 0.5) is 0 Å². The van der Waals surface area contributed by atoms with Crippen LogP contribution in [0.15, 0.2) is 23.1 Å². The van der Waals surface area contributed by atoms with Gasteiger partial charge in [-0.3, -0.25) is 9.69 Å². The quantitative estimate of drug-likeness (QED) is 0.461. The number of ether oxygens (including phenoxy) is 1. The van der Waals surface area contributed by atoms with Gasteiger partial charge >= 0.3 is 10.1 Å². The zero-order valence-corrected chi connectivity index (χ0v) is 14.5. The molecule has 0 aromatic heterocycles. The number of carbonyl (C=O) groups excluding carboxylic acids is 1. The number of benzene rings is 1. The van der Waals surface area contributed by atoms with Crippen molar-refractivity contribution in [3.05, 3.63) is 28.7 Å². The van der Waals surface area contributed by atoms with Gasteiger partial charge in [0.1, 0.15) is 4.32 Å². The van der Waals surface area contributed by atoms with Crippen LogP contribution in [0.25, 0.3) is 6.08 Å². The van der Waals surface area contributed by atoms with Crippen LogP contribution in [-0.2, 0) is 14.9 Å². The fourth-order valence-electron chi connectivity index (χ4n) is 1.70. The largest absolute Gasteiger partial charge is 0.493 e. The second-order valence-corrected chi connectivity index (χ2v) is 7.69. The zero-order chi connectivity index (χ0) is 16.5. The van der Waals surface area contributed by atoms with Gasteiger partial charge in [-0.15, -0.1) is 0 Å². The minimum Gasteiger partial charge on any atom is -0.493 e. The first-order chi connectivity index (χ1) is 10.2. The van der Waals surface area contributed by atoms with Crippen molar-refractivity contribution in [2.75, 3.05) is 20.4 Å². The Morgan fingerprint density at radius 3 is 2.50 bits per heavy atom. The number of rotatable bonds is 4. The van der Waals surface area contributed by atoms with Gasteiger partial charge in [0, 0.05) is 7.05 Å². The summed E-state index contributed by atoms with van der Waals surface area (Å²) in [6, 6.07) is 4.69. The number of thioether (sulfide) groups is 1. The van der Waals surface area contributed by atoms with Crippen molar-refractivity contribution in [2.24, 2.45) is 0 Å². The number of hydrogen-bond acceptors (Lipinski definition) is 7. The summed E-state index contributed by atoms with van der Waals surface area (Å²) in [6.45, 7) is 0. The number of methoxy groups -OCH3 is 1. The Labute approximate surface area is 138 Å². The molecule has 118 valence electrons. The number of carbonyl (C=O) groups is 1. The lowest BCUT2D eigenvalue weighted by Crippen LogP contribution is -2.22. The van der Waals surface area contributed by atoms with Crippen molar-refractivity contribution in [3.63, 3.8) is 0 Å². The van der Waals surface area contributed by atoms with Crippen LogP contribution in [-0.4, -0.2) is 44.0 Å². The van der Waals surface area contributed by atoms with Crippen molar-refractivity contribution in [3.8, 4) is 11.5 Å². The molecule has 1 heterocycles. The van der Waals surface area contributed by atoms with Crippen LogP contribution in [0.3, 0.4) is 0 Å². The predicted molar refractivity (Wildman–Crippen MR) is 89.4 cm³/mol.